The van der Waals surface area contributed by atoms with E-state index in [1.165, 1.54) is 24.6 Å². The predicted octanol–water partition coefficient (Wildman–Crippen LogP) is 2.59. The molecule has 1 aromatic rings. The molecule has 1 fully saturated rings. The molecule has 18 heavy (non-hydrogen) atoms. The highest BCUT2D eigenvalue weighted by molar-refractivity contribution is 7.80. The summed E-state index contributed by atoms with van der Waals surface area (Å²) in [7, 11) is 0. The van der Waals surface area contributed by atoms with E-state index in [0.29, 0.717) is 23.6 Å². The van der Waals surface area contributed by atoms with E-state index in [2.05, 4.69) is 5.32 Å². The second-order valence-corrected chi connectivity index (χ2v) is 5.04. The van der Waals surface area contributed by atoms with Crippen molar-refractivity contribution in [1.29, 1.82) is 0 Å². The van der Waals surface area contributed by atoms with Crippen molar-refractivity contribution in [3.8, 4) is 0 Å². The Hall–Kier alpha value is -1.49. The van der Waals surface area contributed by atoms with E-state index in [-0.39, 0.29) is 10.9 Å². The molecule has 1 aliphatic rings. The Balaban J connectivity index is 2.07. The Kier molecular flexibility index (Phi) is 3.91. The maximum Gasteiger partial charge on any atom is 0.224 e. The minimum atomic E-state index is -0.421. The van der Waals surface area contributed by atoms with Crippen LogP contribution >= 0.6 is 12.2 Å². The zero-order chi connectivity index (χ0) is 13.1. The SMILES string of the molecule is NC(=S)c1cc(F)ccc1NC(=O)CC1CCC1. The number of nitrogens with two attached hydrogens (primary N) is 1. The predicted molar refractivity (Wildman–Crippen MR) is 72.9 cm³/mol. The lowest BCUT2D eigenvalue weighted by atomic mass is 9.83. The lowest BCUT2D eigenvalue weighted by Gasteiger charge is -2.24. The van der Waals surface area contributed by atoms with E-state index in [1.807, 2.05) is 0 Å². The van der Waals surface area contributed by atoms with E-state index in [0.717, 1.165) is 12.8 Å². The molecule has 1 aromatic carbocycles. The number of carbonyl (C=O) groups excluding carboxylic acids is 1. The van der Waals surface area contributed by atoms with Crippen molar-refractivity contribution in [3.63, 3.8) is 0 Å². The first kappa shape index (κ1) is 13.0. The average Bonchev–Trinajstić information content (AvgIpc) is 2.26. The van der Waals surface area contributed by atoms with E-state index in [1.54, 1.807) is 0 Å². The van der Waals surface area contributed by atoms with Crippen LogP contribution in [-0.2, 0) is 4.79 Å². The molecule has 0 saturated heterocycles. The molecule has 3 N–H and O–H groups in total. The first-order chi connectivity index (χ1) is 8.56. The minimum absolute atomic E-state index is 0.0659. The van der Waals surface area contributed by atoms with Crippen LogP contribution in [0.4, 0.5) is 10.1 Å². The summed E-state index contributed by atoms with van der Waals surface area (Å²) in [6.45, 7) is 0. The molecule has 2 rings (SSSR count). The summed E-state index contributed by atoms with van der Waals surface area (Å²) in [6.07, 6.45) is 3.93. The molecule has 1 saturated carbocycles. The maximum atomic E-state index is 13.1. The Morgan fingerprint density at radius 1 is 1.50 bits per heavy atom. The highest BCUT2D eigenvalue weighted by atomic mass is 32.1. The largest absolute Gasteiger partial charge is 0.389 e. The van der Waals surface area contributed by atoms with Crippen molar-refractivity contribution in [2.24, 2.45) is 11.7 Å². The summed E-state index contributed by atoms with van der Waals surface area (Å²) >= 11 is 4.84. The summed E-state index contributed by atoms with van der Waals surface area (Å²) in [4.78, 5) is 11.9. The Bertz CT molecular complexity index is 486. The molecule has 3 nitrogen and oxygen atoms in total. The number of halogens is 1. The lowest BCUT2D eigenvalue weighted by Crippen LogP contribution is -2.22. The summed E-state index contributed by atoms with van der Waals surface area (Å²) in [6, 6.07) is 4.00. The molecule has 0 aromatic heterocycles. The number of carbonyl (C=O) groups is 1. The molecule has 0 spiro atoms. The van der Waals surface area contributed by atoms with E-state index in [4.69, 9.17) is 18.0 Å². The molecule has 0 aliphatic heterocycles. The van der Waals surface area contributed by atoms with E-state index >= 15 is 0 Å². The van der Waals surface area contributed by atoms with Gasteiger partial charge in [0.25, 0.3) is 0 Å². The third-order valence-electron chi connectivity index (χ3n) is 3.22. The molecule has 5 heteroatoms. The van der Waals surface area contributed by atoms with Gasteiger partial charge in [0, 0.05) is 12.0 Å². The van der Waals surface area contributed by atoms with Crippen molar-refractivity contribution in [3.05, 3.63) is 29.6 Å². The average molecular weight is 266 g/mol. The van der Waals surface area contributed by atoms with Crippen molar-refractivity contribution >= 4 is 28.8 Å². The van der Waals surface area contributed by atoms with Crippen molar-refractivity contribution in [1.82, 2.24) is 0 Å². The third kappa shape index (κ3) is 3.04. The fourth-order valence-electron chi connectivity index (χ4n) is 1.99. The van der Waals surface area contributed by atoms with Gasteiger partial charge in [-0.05, 0) is 37.0 Å². The number of amides is 1. The number of rotatable bonds is 4. The monoisotopic (exact) mass is 266 g/mol. The maximum absolute atomic E-state index is 13.1. The second-order valence-electron chi connectivity index (χ2n) is 4.60. The van der Waals surface area contributed by atoms with Gasteiger partial charge in [0.05, 0.1) is 5.69 Å². The summed E-state index contributed by atoms with van der Waals surface area (Å²) in [5.74, 6) is -0.00248. The molecule has 0 atom stereocenters. The molecule has 1 amide bonds. The number of nitrogens with one attached hydrogen (secondary N) is 1. The number of thiocarbonyl (C=S) groups is 1. The van der Waals surface area contributed by atoms with Crippen LogP contribution in [0.3, 0.4) is 0 Å². The first-order valence-electron chi connectivity index (χ1n) is 5.95. The van der Waals surface area contributed by atoms with E-state index in [9.17, 15) is 9.18 Å². The van der Waals surface area contributed by atoms with Gasteiger partial charge in [-0.25, -0.2) is 4.39 Å². The Morgan fingerprint density at radius 2 is 2.22 bits per heavy atom. The van der Waals surface area contributed by atoms with Gasteiger partial charge in [0.1, 0.15) is 10.8 Å². The van der Waals surface area contributed by atoms with Crippen LogP contribution in [0, 0.1) is 11.7 Å². The van der Waals surface area contributed by atoms with Crippen molar-refractivity contribution in [2.45, 2.75) is 25.7 Å². The lowest BCUT2D eigenvalue weighted by molar-refractivity contribution is -0.117. The number of hydrogen-bond donors (Lipinski definition) is 2. The smallest absolute Gasteiger partial charge is 0.224 e. The Labute approximate surface area is 111 Å². The molecule has 0 radical (unpaired) electrons. The number of benzene rings is 1. The third-order valence-corrected chi connectivity index (χ3v) is 3.44. The van der Waals surface area contributed by atoms with Crippen LogP contribution in [0.5, 0.6) is 0 Å². The molecule has 0 heterocycles. The van der Waals surface area contributed by atoms with Crippen LogP contribution in [0.15, 0.2) is 18.2 Å². The fraction of sp³-hybridized carbons (Fsp3) is 0.385. The molecule has 1 aliphatic carbocycles. The number of anilines is 1. The highest BCUT2D eigenvalue weighted by Gasteiger charge is 2.21. The topological polar surface area (TPSA) is 55.1 Å². The highest BCUT2D eigenvalue weighted by Crippen LogP contribution is 2.29. The second kappa shape index (κ2) is 5.44. The van der Waals surface area contributed by atoms with Crippen LogP contribution in [0.1, 0.15) is 31.2 Å². The molecular formula is C13H15FN2OS. The minimum Gasteiger partial charge on any atom is -0.389 e. The normalized spacial score (nSPS) is 14.9. The van der Waals surface area contributed by atoms with Gasteiger partial charge in [-0.1, -0.05) is 18.6 Å². The molecular weight excluding hydrogens is 251 g/mol. The van der Waals surface area contributed by atoms with Crippen LogP contribution < -0.4 is 11.1 Å². The van der Waals surface area contributed by atoms with Crippen molar-refractivity contribution in [2.75, 3.05) is 5.32 Å². The first-order valence-corrected chi connectivity index (χ1v) is 6.36. The summed E-state index contributed by atoms with van der Waals surface area (Å²) in [5.41, 5.74) is 6.36. The van der Waals surface area contributed by atoms with Gasteiger partial charge in [0.15, 0.2) is 0 Å². The van der Waals surface area contributed by atoms with Crippen molar-refractivity contribution < 1.29 is 9.18 Å². The zero-order valence-corrected chi connectivity index (χ0v) is 10.7. The van der Waals surface area contributed by atoms with E-state index < -0.39 is 5.82 Å². The van der Waals surface area contributed by atoms with Gasteiger partial charge in [-0.3, -0.25) is 4.79 Å². The molecule has 0 bridgehead atoms. The standard InChI is InChI=1S/C13H15FN2OS/c14-9-4-5-11(10(7-9)13(15)18)16-12(17)6-8-2-1-3-8/h4-5,7-8H,1-3,6H2,(H2,15,18)(H,16,17). The quantitative estimate of drug-likeness (QED) is 0.824. The molecule has 0 unspecified atom stereocenters. The van der Waals surface area contributed by atoms with Crippen LogP contribution in [0.2, 0.25) is 0 Å². The summed E-state index contributed by atoms with van der Waals surface area (Å²) in [5, 5.41) is 2.75. The van der Waals surface area contributed by atoms with Gasteiger partial charge in [-0.15, -0.1) is 0 Å². The molecule has 96 valence electrons. The Morgan fingerprint density at radius 3 is 2.78 bits per heavy atom. The number of hydrogen-bond acceptors (Lipinski definition) is 2. The van der Waals surface area contributed by atoms with Gasteiger partial charge < -0.3 is 11.1 Å². The summed E-state index contributed by atoms with van der Waals surface area (Å²) < 4.78 is 13.1. The fourth-order valence-corrected chi connectivity index (χ4v) is 2.16. The zero-order valence-electron chi connectivity index (χ0n) is 9.91. The van der Waals surface area contributed by atoms with Gasteiger partial charge >= 0.3 is 0 Å². The van der Waals surface area contributed by atoms with Gasteiger partial charge in [0.2, 0.25) is 5.91 Å². The van der Waals surface area contributed by atoms with Crippen LogP contribution in [0.25, 0.3) is 0 Å². The van der Waals surface area contributed by atoms with Crippen LogP contribution in [-0.4, -0.2) is 10.9 Å². The van der Waals surface area contributed by atoms with Gasteiger partial charge in [-0.2, -0.15) is 0 Å².